The zero-order valence-electron chi connectivity index (χ0n) is 10.3. The van der Waals surface area contributed by atoms with Crippen LogP contribution in [0.3, 0.4) is 0 Å². The van der Waals surface area contributed by atoms with Crippen molar-refractivity contribution in [2.45, 2.75) is 13.8 Å². The number of carbonyl (C=O) groups excluding carboxylic acids is 1. The first-order chi connectivity index (χ1) is 8.45. The maximum Gasteiger partial charge on any atom is 0.251 e. The van der Waals surface area contributed by atoms with Gasteiger partial charge in [0.25, 0.3) is 5.91 Å². The first kappa shape index (κ1) is 14.0. The second kappa shape index (κ2) is 6.00. The predicted octanol–water partition coefficient (Wildman–Crippen LogP) is 1.25. The molecule has 6 heteroatoms. The zero-order valence-corrected chi connectivity index (χ0v) is 10.3. The van der Waals surface area contributed by atoms with Gasteiger partial charge in [0, 0.05) is 18.0 Å². The number of hydrogen-bond acceptors (Lipinski definition) is 3. The summed E-state index contributed by atoms with van der Waals surface area (Å²) >= 11 is 0. The van der Waals surface area contributed by atoms with Gasteiger partial charge in [-0.15, -0.1) is 0 Å². The van der Waals surface area contributed by atoms with Gasteiger partial charge in [-0.2, -0.15) is 0 Å². The van der Waals surface area contributed by atoms with Crippen LogP contribution in [0.4, 0.5) is 4.39 Å². The first-order valence-electron chi connectivity index (χ1n) is 5.47. The minimum absolute atomic E-state index is 0.0473. The number of hydrogen-bond donors (Lipinski definition) is 3. The summed E-state index contributed by atoms with van der Waals surface area (Å²) in [5.41, 5.74) is 6.36. The van der Waals surface area contributed by atoms with E-state index in [-0.39, 0.29) is 30.0 Å². The molecule has 0 saturated carbocycles. The standard InChI is InChI=1S/C12H16FN3O2/c1-7-5-9(13)3-4-10(7)12(17)15-6-8(2)11(14)16-18/h3-5,8,18H,6H2,1-2H3,(H2,14,16)(H,15,17). The molecule has 0 aliphatic carbocycles. The van der Waals surface area contributed by atoms with Crippen LogP contribution in [0.5, 0.6) is 0 Å². The lowest BCUT2D eigenvalue weighted by Gasteiger charge is -2.12. The molecule has 18 heavy (non-hydrogen) atoms. The summed E-state index contributed by atoms with van der Waals surface area (Å²) in [7, 11) is 0. The number of nitrogens with one attached hydrogen (secondary N) is 1. The molecule has 1 aromatic carbocycles. The van der Waals surface area contributed by atoms with Crippen LogP contribution in [0.25, 0.3) is 0 Å². The fourth-order valence-electron chi connectivity index (χ4n) is 1.43. The highest BCUT2D eigenvalue weighted by atomic mass is 19.1. The number of benzene rings is 1. The van der Waals surface area contributed by atoms with Crippen LogP contribution in [-0.2, 0) is 0 Å². The Kier molecular flexibility index (Phi) is 4.65. The van der Waals surface area contributed by atoms with Crippen molar-refractivity contribution in [1.29, 1.82) is 0 Å². The van der Waals surface area contributed by atoms with Gasteiger partial charge in [0.2, 0.25) is 0 Å². The van der Waals surface area contributed by atoms with Gasteiger partial charge < -0.3 is 16.3 Å². The SMILES string of the molecule is Cc1cc(F)ccc1C(=O)NCC(C)/C(N)=N/O. The van der Waals surface area contributed by atoms with Gasteiger partial charge in [0.05, 0.1) is 0 Å². The Balaban J connectivity index is 2.66. The van der Waals surface area contributed by atoms with E-state index in [0.717, 1.165) is 0 Å². The lowest BCUT2D eigenvalue weighted by molar-refractivity contribution is 0.0950. The molecule has 5 nitrogen and oxygen atoms in total. The normalized spacial score (nSPS) is 13.2. The van der Waals surface area contributed by atoms with Crippen molar-refractivity contribution >= 4 is 11.7 Å². The summed E-state index contributed by atoms with van der Waals surface area (Å²) in [5.74, 6) is -0.926. The van der Waals surface area contributed by atoms with Crippen molar-refractivity contribution in [2.75, 3.05) is 6.54 Å². The summed E-state index contributed by atoms with van der Waals surface area (Å²) in [4.78, 5) is 11.8. The number of rotatable bonds is 4. The predicted molar refractivity (Wildman–Crippen MR) is 66.0 cm³/mol. The number of oxime groups is 1. The van der Waals surface area contributed by atoms with Crippen molar-refractivity contribution in [3.8, 4) is 0 Å². The molecule has 4 N–H and O–H groups in total. The third-order valence-electron chi connectivity index (χ3n) is 2.62. The topological polar surface area (TPSA) is 87.7 Å². The average molecular weight is 253 g/mol. The van der Waals surface area contributed by atoms with Crippen molar-refractivity contribution in [1.82, 2.24) is 5.32 Å². The number of amides is 1. The Labute approximate surface area is 104 Å². The number of carbonyl (C=O) groups is 1. The van der Waals surface area contributed by atoms with Crippen LogP contribution in [0, 0.1) is 18.7 Å². The largest absolute Gasteiger partial charge is 0.409 e. The minimum Gasteiger partial charge on any atom is -0.409 e. The molecule has 0 bridgehead atoms. The fourth-order valence-corrected chi connectivity index (χ4v) is 1.43. The van der Waals surface area contributed by atoms with Gasteiger partial charge in [-0.3, -0.25) is 4.79 Å². The molecule has 0 spiro atoms. The van der Waals surface area contributed by atoms with Gasteiger partial charge in [0.1, 0.15) is 11.7 Å². The summed E-state index contributed by atoms with van der Waals surface area (Å²) in [6, 6.07) is 3.95. The quantitative estimate of drug-likeness (QED) is 0.326. The van der Waals surface area contributed by atoms with Crippen LogP contribution in [0.15, 0.2) is 23.4 Å². The number of amidine groups is 1. The number of aryl methyl sites for hydroxylation is 1. The molecule has 1 rings (SSSR count). The van der Waals surface area contributed by atoms with Gasteiger partial charge in [-0.05, 0) is 30.7 Å². The highest BCUT2D eigenvalue weighted by Crippen LogP contribution is 2.10. The monoisotopic (exact) mass is 253 g/mol. The maximum absolute atomic E-state index is 12.9. The third kappa shape index (κ3) is 3.44. The van der Waals surface area contributed by atoms with Crippen molar-refractivity contribution in [3.63, 3.8) is 0 Å². The molecule has 0 aromatic heterocycles. The molecule has 0 fully saturated rings. The van der Waals surface area contributed by atoms with Crippen molar-refractivity contribution < 1.29 is 14.4 Å². The highest BCUT2D eigenvalue weighted by molar-refractivity contribution is 5.96. The summed E-state index contributed by atoms with van der Waals surface area (Å²) in [6.45, 7) is 3.61. The molecule has 0 heterocycles. The number of nitrogens with zero attached hydrogens (tertiary/aromatic N) is 1. The average Bonchev–Trinajstić information content (AvgIpc) is 2.34. The van der Waals surface area contributed by atoms with E-state index in [4.69, 9.17) is 10.9 Å². The van der Waals surface area contributed by atoms with E-state index in [1.165, 1.54) is 18.2 Å². The van der Waals surface area contributed by atoms with Gasteiger partial charge in [-0.25, -0.2) is 4.39 Å². The van der Waals surface area contributed by atoms with Crippen LogP contribution in [0.2, 0.25) is 0 Å². The molecule has 1 amide bonds. The summed E-state index contributed by atoms with van der Waals surface area (Å²) in [6.07, 6.45) is 0. The highest BCUT2D eigenvalue weighted by Gasteiger charge is 2.12. The Hall–Kier alpha value is -2.11. The minimum atomic E-state index is -0.380. The van der Waals surface area contributed by atoms with Crippen LogP contribution >= 0.6 is 0 Å². The van der Waals surface area contributed by atoms with E-state index in [0.29, 0.717) is 11.1 Å². The fraction of sp³-hybridized carbons (Fsp3) is 0.333. The van der Waals surface area contributed by atoms with Gasteiger partial charge >= 0.3 is 0 Å². The second-order valence-corrected chi connectivity index (χ2v) is 4.10. The van der Waals surface area contributed by atoms with Gasteiger partial charge in [0.15, 0.2) is 0 Å². The molecular weight excluding hydrogens is 237 g/mol. The lowest BCUT2D eigenvalue weighted by Crippen LogP contribution is -2.34. The third-order valence-corrected chi connectivity index (χ3v) is 2.62. The van der Waals surface area contributed by atoms with E-state index >= 15 is 0 Å². The van der Waals surface area contributed by atoms with Crippen LogP contribution in [-0.4, -0.2) is 23.5 Å². The van der Waals surface area contributed by atoms with Gasteiger partial charge in [-0.1, -0.05) is 12.1 Å². The van der Waals surface area contributed by atoms with E-state index in [2.05, 4.69) is 10.5 Å². The number of nitrogens with two attached hydrogens (primary N) is 1. The summed E-state index contributed by atoms with van der Waals surface area (Å²) < 4.78 is 12.9. The van der Waals surface area contributed by atoms with E-state index in [1.54, 1.807) is 13.8 Å². The molecule has 1 unspecified atom stereocenters. The second-order valence-electron chi connectivity index (χ2n) is 4.10. The molecule has 1 aromatic rings. The molecule has 0 aliphatic rings. The summed E-state index contributed by atoms with van der Waals surface area (Å²) in [5, 5.41) is 14.0. The number of halogens is 1. The van der Waals surface area contributed by atoms with Crippen molar-refractivity contribution in [3.05, 3.63) is 35.1 Å². The maximum atomic E-state index is 12.9. The molecule has 0 aliphatic heterocycles. The zero-order chi connectivity index (χ0) is 13.7. The Bertz CT molecular complexity index is 474. The lowest BCUT2D eigenvalue weighted by atomic mass is 10.1. The smallest absolute Gasteiger partial charge is 0.251 e. The Morgan fingerprint density at radius 2 is 2.28 bits per heavy atom. The van der Waals surface area contributed by atoms with Crippen molar-refractivity contribution in [2.24, 2.45) is 16.8 Å². The van der Waals surface area contributed by atoms with E-state index in [9.17, 15) is 9.18 Å². The van der Waals surface area contributed by atoms with E-state index in [1.807, 2.05) is 0 Å². The first-order valence-corrected chi connectivity index (χ1v) is 5.47. The Morgan fingerprint density at radius 1 is 1.61 bits per heavy atom. The molecule has 1 atom stereocenters. The molecule has 0 radical (unpaired) electrons. The Morgan fingerprint density at radius 3 is 2.83 bits per heavy atom. The van der Waals surface area contributed by atoms with Crippen LogP contribution < -0.4 is 11.1 Å². The molecule has 98 valence electrons. The van der Waals surface area contributed by atoms with E-state index < -0.39 is 0 Å². The molecular formula is C12H16FN3O2. The van der Waals surface area contributed by atoms with Crippen LogP contribution in [0.1, 0.15) is 22.8 Å². The molecule has 0 saturated heterocycles.